The predicted octanol–water partition coefficient (Wildman–Crippen LogP) is 3.73. The molecule has 3 heteroatoms. The Morgan fingerprint density at radius 1 is 1.29 bits per heavy atom. The van der Waals surface area contributed by atoms with Gasteiger partial charge in [-0.1, -0.05) is 51.1 Å². The summed E-state index contributed by atoms with van der Waals surface area (Å²) in [6.07, 6.45) is 2.83. The molecule has 1 aliphatic carbocycles. The van der Waals surface area contributed by atoms with E-state index in [0.29, 0.717) is 5.92 Å². The molecular formula is C18H27NO2. The first kappa shape index (κ1) is 15.0. The molecule has 1 saturated heterocycles. The van der Waals surface area contributed by atoms with Gasteiger partial charge in [0, 0.05) is 0 Å². The van der Waals surface area contributed by atoms with E-state index in [1.54, 1.807) is 0 Å². The molecular weight excluding hydrogens is 262 g/mol. The lowest BCUT2D eigenvalue weighted by atomic mass is 9.65. The minimum atomic E-state index is -0.780. The SMILES string of the molecule is CC(C)(C)[C@H]1CC[C@@]2(ON2Cc2ccccc2)[C@@](C)(O)C1. The van der Waals surface area contributed by atoms with Crippen LogP contribution in [0.4, 0.5) is 0 Å². The van der Waals surface area contributed by atoms with Crippen LogP contribution in [0.25, 0.3) is 0 Å². The molecule has 21 heavy (non-hydrogen) atoms. The van der Waals surface area contributed by atoms with Crippen LogP contribution in [-0.4, -0.2) is 21.5 Å². The van der Waals surface area contributed by atoms with Gasteiger partial charge in [0.15, 0.2) is 5.72 Å². The third kappa shape index (κ3) is 2.63. The highest BCUT2D eigenvalue weighted by atomic mass is 16.9. The van der Waals surface area contributed by atoms with Crippen molar-refractivity contribution in [3.05, 3.63) is 35.9 Å². The summed E-state index contributed by atoms with van der Waals surface area (Å²) >= 11 is 0. The molecule has 0 radical (unpaired) electrons. The van der Waals surface area contributed by atoms with Gasteiger partial charge in [-0.2, -0.15) is 0 Å². The van der Waals surface area contributed by atoms with Crippen LogP contribution in [0.1, 0.15) is 52.5 Å². The minimum Gasteiger partial charge on any atom is -0.386 e. The Morgan fingerprint density at radius 3 is 2.52 bits per heavy atom. The van der Waals surface area contributed by atoms with Crippen molar-refractivity contribution in [2.75, 3.05) is 0 Å². The molecule has 1 unspecified atom stereocenters. The molecule has 116 valence electrons. The Hall–Kier alpha value is -0.900. The molecule has 1 heterocycles. The van der Waals surface area contributed by atoms with Crippen LogP contribution in [0.5, 0.6) is 0 Å². The maximum Gasteiger partial charge on any atom is 0.193 e. The highest BCUT2D eigenvalue weighted by molar-refractivity contribution is 5.17. The van der Waals surface area contributed by atoms with Crippen molar-refractivity contribution in [3.63, 3.8) is 0 Å². The summed E-state index contributed by atoms with van der Waals surface area (Å²) in [7, 11) is 0. The maximum atomic E-state index is 11.0. The first-order valence-electron chi connectivity index (χ1n) is 7.98. The van der Waals surface area contributed by atoms with Crippen LogP contribution in [-0.2, 0) is 11.4 Å². The second kappa shape index (κ2) is 4.80. The molecule has 0 amide bonds. The highest BCUT2D eigenvalue weighted by Crippen LogP contribution is 2.56. The zero-order valence-electron chi connectivity index (χ0n) is 13.6. The topological polar surface area (TPSA) is 35.8 Å². The molecule has 0 aromatic heterocycles. The van der Waals surface area contributed by atoms with Crippen molar-refractivity contribution in [1.82, 2.24) is 5.06 Å². The van der Waals surface area contributed by atoms with Gasteiger partial charge in [0.2, 0.25) is 0 Å². The Kier molecular flexibility index (Phi) is 3.43. The Bertz CT molecular complexity index is 506. The van der Waals surface area contributed by atoms with E-state index in [1.807, 2.05) is 30.2 Å². The van der Waals surface area contributed by atoms with Crippen LogP contribution >= 0.6 is 0 Å². The fraction of sp³-hybridized carbons (Fsp3) is 0.667. The molecule has 1 N–H and O–H groups in total. The second-order valence-corrected chi connectivity index (χ2v) is 7.98. The number of rotatable bonds is 2. The number of hydrogen-bond donors (Lipinski definition) is 1. The summed E-state index contributed by atoms with van der Waals surface area (Å²) in [6.45, 7) is 9.48. The van der Waals surface area contributed by atoms with E-state index in [9.17, 15) is 5.11 Å². The van der Waals surface area contributed by atoms with E-state index in [0.717, 1.165) is 25.8 Å². The Labute approximate surface area is 127 Å². The van der Waals surface area contributed by atoms with Crippen LogP contribution in [0.2, 0.25) is 0 Å². The molecule has 1 spiro atoms. The molecule has 3 nitrogen and oxygen atoms in total. The zero-order valence-corrected chi connectivity index (χ0v) is 13.6. The van der Waals surface area contributed by atoms with Crippen molar-refractivity contribution >= 4 is 0 Å². The third-order valence-electron chi connectivity index (χ3n) is 5.34. The van der Waals surface area contributed by atoms with Gasteiger partial charge < -0.3 is 5.11 Å². The summed E-state index contributed by atoms with van der Waals surface area (Å²) < 4.78 is 0. The lowest BCUT2D eigenvalue weighted by molar-refractivity contribution is -0.0869. The summed E-state index contributed by atoms with van der Waals surface area (Å²) in [4.78, 5) is 5.91. The van der Waals surface area contributed by atoms with Gasteiger partial charge >= 0.3 is 0 Å². The summed E-state index contributed by atoms with van der Waals surface area (Å²) in [5, 5.41) is 13.0. The Morgan fingerprint density at radius 2 is 1.95 bits per heavy atom. The molecule has 3 rings (SSSR count). The van der Waals surface area contributed by atoms with Gasteiger partial charge in [-0.25, -0.2) is 0 Å². The van der Waals surface area contributed by atoms with Gasteiger partial charge in [0.1, 0.15) is 5.60 Å². The van der Waals surface area contributed by atoms with Gasteiger partial charge in [-0.3, -0.25) is 4.84 Å². The molecule has 1 aromatic rings. The number of aliphatic hydroxyl groups is 1. The quantitative estimate of drug-likeness (QED) is 0.843. The molecule has 1 saturated carbocycles. The van der Waals surface area contributed by atoms with Crippen molar-refractivity contribution in [3.8, 4) is 0 Å². The average molecular weight is 289 g/mol. The lowest BCUT2D eigenvalue weighted by Crippen LogP contribution is -2.52. The lowest BCUT2D eigenvalue weighted by Gasteiger charge is -2.43. The second-order valence-electron chi connectivity index (χ2n) is 7.98. The summed E-state index contributed by atoms with van der Waals surface area (Å²) in [6, 6.07) is 10.3. The van der Waals surface area contributed by atoms with E-state index in [4.69, 9.17) is 4.84 Å². The van der Waals surface area contributed by atoms with E-state index < -0.39 is 11.3 Å². The first-order chi connectivity index (χ1) is 9.75. The number of nitrogens with zero attached hydrogens (tertiary/aromatic N) is 1. The summed E-state index contributed by atoms with van der Waals surface area (Å²) in [5.74, 6) is 0.543. The highest BCUT2D eigenvalue weighted by Gasteiger charge is 2.68. The maximum absolute atomic E-state index is 11.0. The normalized spacial score (nSPS) is 39.5. The average Bonchev–Trinajstić information content (AvgIpc) is 3.08. The summed E-state index contributed by atoms with van der Waals surface area (Å²) in [5.41, 5.74) is 0.218. The zero-order chi connectivity index (χ0) is 15.3. The van der Waals surface area contributed by atoms with Crippen molar-refractivity contribution in [2.24, 2.45) is 11.3 Å². The molecule has 1 aliphatic heterocycles. The van der Waals surface area contributed by atoms with Crippen molar-refractivity contribution in [2.45, 2.75) is 64.8 Å². The van der Waals surface area contributed by atoms with E-state index in [2.05, 4.69) is 32.9 Å². The minimum absolute atomic E-state index is 0.241. The van der Waals surface area contributed by atoms with Crippen LogP contribution in [0, 0.1) is 11.3 Å². The number of hydroxylamine groups is 2. The molecule has 4 atom stereocenters. The molecule has 0 bridgehead atoms. The van der Waals surface area contributed by atoms with E-state index >= 15 is 0 Å². The van der Waals surface area contributed by atoms with Crippen molar-refractivity contribution in [1.29, 1.82) is 0 Å². The van der Waals surface area contributed by atoms with E-state index in [1.165, 1.54) is 5.56 Å². The smallest absolute Gasteiger partial charge is 0.193 e. The van der Waals surface area contributed by atoms with Crippen LogP contribution in [0.3, 0.4) is 0 Å². The largest absolute Gasteiger partial charge is 0.386 e. The standard InChI is InChI=1S/C18H27NO2/c1-16(2,3)15-10-11-18(17(4,20)12-15)19(21-18)13-14-8-6-5-7-9-14/h5-9,15,20H,10-13H2,1-4H3/t15-,17-,18+,19?/m0/s1. The van der Waals surface area contributed by atoms with Gasteiger partial charge in [0.25, 0.3) is 0 Å². The predicted molar refractivity (Wildman–Crippen MR) is 83.2 cm³/mol. The van der Waals surface area contributed by atoms with E-state index in [-0.39, 0.29) is 5.41 Å². The number of hydrogen-bond acceptors (Lipinski definition) is 3. The Balaban J connectivity index is 1.70. The van der Waals surface area contributed by atoms with Gasteiger partial charge in [0.05, 0.1) is 6.54 Å². The monoisotopic (exact) mass is 289 g/mol. The van der Waals surface area contributed by atoms with Crippen LogP contribution in [0.15, 0.2) is 30.3 Å². The third-order valence-corrected chi connectivity index (χ3v) is 5.34. The van der Waals surface area contributed by atoms with Crippen LogP contribution < -0.4 is 0 Å². The molecule has 2 aliphatic rings. The van der Waals surface area contributed by atoms with Gasteiger partial charge in [-0.05, 0) is 43.1 Å². The fourth-order valence-corrected chi connectivity index (χ4v) is 3.73. The first-order valence-corrected chi connectivity index (χ1v) is 7.98. The van der Waals surface area contributed by atoms with Crippen molar-refractivity contribution < 1.29 is 9.94 Å². The molecule has 2 fully saturated rings. The molecule has 1 aromatic carbocycles. The fourth-order valence-electron chi connectivity index (χ4n) is 3.73. The van der Waals surface area contributed by atoms with Gasteiger partial charge in [-0.15, -0.1) is 5.06 Å². The number of benzene rings is 1.